The number of hydrogen-bond acceptors (Lipinski definition) is 17. The summed E-state index contributed by atoms with van der Waals surface area (Å²) in [6.45, 7) is 5.25. The van der Waals surface area contributed by atoms with Gasteiger partial charge in [-0.05, 0) is 33.7 Å². The fourth-order valence-electron chi connectivity index (χ4n) is 2.77. The third-order valence-electron chi connectivity index (χ3n) is 5.02. The first-order chi connectivity index (χ1) is 29.3. The van der Waals surface area contributed by atoms with Gasteiger partial charge in [-0.3, -0.25) is 45.6 Å². The van der Waals surface area contributed by atoms with Gasteiger partial charge in [0.05, 0.1) is 25.7 Å². The number of nitrogens with zero attached hydrogens (tertiary/aromatic N) is 7. The van der Waals surface area contributed by atoms with Crippen LogP contribution in [0, 0.1) is 11.3 Å². The number of aromatic nitrogens is 5. The number of halogens is 18. The lowest BCUT2D eigenvalue weighted by Gasteiger charge is -2.16. The highest BCUT2D eigenvalue weighted by atomic mass is 36.0. The van der Waals surface area contributed by atoms with Crippen molar-refractivity contribution in [2.24, 2.45) is 16.5 Å². The highest BCUT2D eigenvalue weighted by molar-refractivity contribution is 8.24. The number of hydrogen-bond donors (Lipinski definition) is 9. The van der Waals surface area contributed by atoms with Crippen LogP contribution in [0.15, 0.2) is 9.41 Å². The molecule has 0 aliphatic carbocycles. The van der Waals surface area contributed by atoms with Crippen molar-refractivity contribution < 1.29 is 81.2 Å². The second-order valence-electron chi connectivity index (χ2n) is 9.81. The average molecular weight is 1120 g/mol. The Morgan fingerprint density at radius 1 is 0.831 bits per heavy atom. The number of aliphatic hydroxyl groups is 1. The third kappa shape index (κ3) is 39.5. The van der Waals surface area contributed by atoms with E-state index < -0.39 is 65.2 Å². The van der Waals surface area contributed by atoms with E-state index in [1.54, 1.807) is 6.07 Å². The number of aliphatic imine (C=N–C) groups is 1. The topological polar surface area (TPSA) is 319 Å². The molecule has 0 unspecified atom stereocenters. The number of carbonyl (C=O) groups is 3. The molecule has 2 aliphatic rings. The lowest BCUT2D eigenvalue weighted by atomic mass is 10.4. The Hall–Kier alpha value is -3.42. The predicted molar refractivity (Wildman–Crippen MR) is 211 cm³/mol. The summed E-state index contributed by atoms with van der Waals surface area (Å²) in [6.07, 6.45) is -18.9. The van der Waals surface area contributed by atoms with Gasteiger partial charge in [-0.15, -0.1) is 56.0 Å². The van der Waals surface area contributed by atoms with E-state index in [1.165, 1.54) is 17.8 Å². The number of hydrazine groups is 2. The summed E-state index contributed by atoms with van der Waals surface area (Å²) < 4.78 is 156. The lowest BCUT2D eigenvalue weighted by molar-refractivity contribution is -0.175. The highest BCUT2D eigenvalue weighted by Crippen LogP contribution is 2.61. The molecule has 2 aromatic rings. The molecule has 4 rings (SSSR count). The molecule has 11 N–H and O–H groups in total. The van der Waals surface area contributed by atoms with Gasteiger partial charge < -0.3 is 36.2 Å². The maximum absolute atomic E-state index is 12.3. The summed E-state index contributed by atoms with van der Waals surface area (Å²) in [7, 11) is 1.00. The molecule has 0 saturated carbocycles. The van der Waals surface area contributed by atoms with Gasteiger partial charge in [0, 0.05) is 46.8 Å². The smallest absolute Gasteiger partial charge is 0.416 e. The van der Waals surface area contributed by atoms with Crippen molar-refractivity contribution in [2.45, 2.75) is 50.6 Å². The first-order valence-electron chi connectivity index (χ1n) is 15.9. The molecule has 0 aromatic carbocycles. The van der Waals surface area contributed by atoms with E-state index in [0.717, 1.165) is 17.1 Å². The van der Waals surface area contributed by atoms with Gasteiger partial charge in [0.25, 0.3) is 5.91 Å². The molecule has 2 aliphatic heterocycles. The molecule has 2 aromatic heterocycles. The molecular weight excluding hydrogens is 1080 g/mol. The zero-order chi connectivity index (χ0) is 51.0. The largest absolute Gasteiger partial charge is 0.472 e. The molecular formula is C25H38Cl6F12N15O6P. The molecule has 4 heterocycles. The van der Waals surface area contributed by atoms with Crippen LogP contribution in [0.5, 0.6) is 0 Å². The maximum Gasteiger partial charge on any atom is 0.472 e. The van der Waals surface area contributed by atoms with E-state index in [4.69, 9.17) is 45.0 Å². The number of amidine groups is 1. The number of nitrogens with one attached hydrogen (secondary N) is 6. The summed E-state index contributed by atoms with van der Waals surface area (Å²) in [4.78, 5) is 34.4. The van der Waals surface area contributed by atoms with Crippen molar-refractivity contribution in [3.8, 4) is 6.07 Å². The highest BCUT2D eigenvalue weighted by Gasteiger charge is 2.41. The Morgan fingerprint density at radius 3 is 1.66 bits per heavy atom. The standard InChI is InChI=1S/C6H9F3N4O.C6H7F3N4.C4H4ClF3N2O2.C4H2ClF3N2O.C2H8N2.C2H3N.CH4O.Cl3OP.ClH/c7-6(8,9)5(14)13-12-4-3-10-1-2-11-4;7-6(8,9)5-12-11-4-3-10-1-2-13(4)5;5-1-2(11)9-10-3(12)4(6,7)8;5-1-2-9-10-3(11-2)4(6,7)8;3-1-2-4;1-2-3;1-2;1-5(2,3)4;/h10H,1-3H2,(H,11,12)(H,13,14);10H,1-3H2;1H2,(H,9,11)(H,10,12);1H2;1-4H2;1H3;2H,1H3;;1H. The van der Waals surface area contributed by atoms with Crippen molar-refractivity contribution in [1.29, 1.82) is 5.26 Å². The summed E-state index contributed by atoms with van der Waals surface area (Å²) in [6, 6.07) is 1.75. The molecule has 0 bridgehead atoms. The summed E-state index contributed by atoms with van der Waals surface area (Å²) in [5, 5.41) is 29.2. The monoisotopic (exact) mass is 1110 g/mol. The van der Waals surface area contributed by atoms with Crippen molar-refractivity contribution >= 4 is 98.1 Å². The summed E-state index contributed by atoms with van der Waals surface area (Å²) in [5.41, 5.74) is 16.0. The summed E-state index contributed by atoms with van der Waals surface area (Å²) in [5.74, 6) is -7.83. The van der Waals surface area contributed by atoms with Crippen LogP contribution in [0.4, 0.5) is 52.7 Å². The second-order valence-corrected chi connectivity index (χ2v) is 17.0. The summed E-state index contributed by atoms with van der Waals surface area (Å²) >= 11 is 23.9. The average Bonchev–Trinajstić information content (AvgIpc) is 3.89. The van der Waals surface area contributed by atoms with Crippen LogP contribution in [-0.2, 0) is 50.3 Å². The van der Waals surface area contributed by atoms with Gasteiger partial charge in [0.1, 0.15) is 23.4 Å². The van der Waals surface area contributed by atoms with Gasteiger partial charge in [0.15, 0.2) is 0 Å². The van der Waals surface area contributed by atoms with Gasteiger partial charge in [0.2, 0.25) is 11.7 Å². The van der Waals surface area contributed by atoms with E-state index in [1.807, 2.05) is 0 Å². The second kappa shape index (κ2) is 36.7. The quantitative estimate of drug-likeness (QED) is 0.0918. The van der Waals surface area contributed by atoms with E-state index in [0.29, 0.717) is 51.6 Å². The fraction of sp³-hybridized carbons (Fsp3) is 0.640. The van der Waals surface area contributed by atoms with Crippen LogP contribution in [0.25, 0.3) is 0 Å². The minimum absolute atomic E-state index is 0. The van der Waals surface area contributed by atoms with Crippen LogP contribution < -0.4 is 43.8 Å². The van der Waals surface area contributed by atoms with Crippen LogP contribution in [-0.4, -0.2) is 118 Å². The minimum atomic E-state index is -5.01. The van der Waals surface area contributed by atoms with Crippen LogP contribution >= 0.6 is 74.5 Å². The Bertz CT molecular complexity index is 1740. The molecule has 0 radical (unpaired) electrons. The van der Waals surface area contributed by atoms with Gasteiger partial charge in [-0.1, -0.05) is 0 Å². The molecule has 40 heteroatoms. The molecule has 0 fully saturated rings. The first kappa shape index (κ1) is 70.6. The zero-order valence-corrected chi connectivity index (χ0v) is 38.1. The Kier molecular flexibility index (Phi) is 39.8. The number of alkyl halides is 14. The minimum Gasteiger partial charge on any atom is -0.416 e. The van der Waals surface area contributed by atoms with E-state index in [9.17, 15) is 71.6 Å². The van der Waals surface area contributed by atoms with Crippen molar-refractivity contribution in [2.75, 3.05) is 52.3 Å². The van der Waals surface area contributed by atoms with Gasteiger partial charge >= 0.3 is 47.6 Å². The lowest BCUT2D eigenvalue weighted by Crippen LogP contribution is -2.51. The maximum atomic E-state index is 12.3. The normalized spacial score (nSPS) is 12.7. The Labute approximate surface area is 389 Å². The first-order valence-corrected chi connectivity index (χ1v) is 21.4. The SMILES string of the molecule is CC#N.CO.Cl.FC(F)(F)c1nnc(CCl)o1.FC(F)(F)c1nnc2n1CCNC2.NCCN.O=C(CCl)NNC(=O)C(F)(F)F.O=C(NNC1=NCCNC1)C(F)(F)F.O=P(Cl)(Cl)Cl. The molecule has 0 spiro atoms. The molecule has 380 valence electrons. The predicted octanol–water partition coefficient (Wildman–Crippen LogP) is 3.61. The number of carbonyl (C=O) groups excluding carboxylic acids is 3. The van der Waals surface area contributed by atoms with Crippen molar-refractivity contribution in [3.05, 3.63) is 23.4 Å². The number of fused-ring (bicyclic) bond motifs is 1. The zero-order valence-electron chi connectivity index (χ0n) is 32.6. The molecule has 0 saturated heterocycles. The van der Waals surface area contributed by atoms with Gasteiger partial charge in [-0.25, -0.2) is 0 Å². The fourth-order valence-corrected chi connectivity index (χ4v) is 2.95. The third-order valence-corrected chi connectivity index (χ3v) is 5.49. The Morgan fingerprint density at radius 2 is 1.31 bits per heavy atom. The molecule has 0 atom stereocenters. The molecule has 21 nitrogen and oxygen atoms in total. The van der Waals surface area contributed by atoms with Crippen LogP contribution in [0.3, 0.4) is 0 Å². The van der Waals surface area contributed by atoms with E-state index in [-0.39, 0.29) is 36.6 Å². The number of nitrogens with two attached hydrogens (primary N) is 2. The van der Waals surface area contributed by atoms with Crippen molar-refractivity contribution in [3.63, 3.8) is 0 Å². The van der Waals surface area contributed by atoms with Crippen molar-refractivity contribution in [1.82, 2.24) is 57.3 Å². The Balaban J connectivity index is -0.000000224. The van der Waals surface area contributed by atoms with Gasteiger partial charge in [-0.2, -0.15) is 57.9 Å². The number of amides is 3. The van der Waals surface area contributed by atoms with Crippen LogP contribution in [0.1, 0.15) is 30.4 Å². The van der Waals surface area contributed by atoms with E-state index >= 15 is 0 Å². The molecule has 65 heavy (non-hydrogen) atoms. The molecule has 3 amide bonds. The van der Waals surface area contributed by atoms with Crippen LogP contribution in [0.2, 0.25) is 0 Å². The van der Waals surface area contributed by atoms with E-state index in [2.05, 4.69) is 79.6 Å². The number of aliphatic hydroxyl groups excluding tert-OH is 1. The number of nitriles is 1. The number of rotatable bonds is 3.